The maximum atomic E-state index is 13.3. The molecule has 0 saturated heterocycles. The molecule has 0 amide bonds. The molecule has 0 aliphatic carbocycles. The Morgan fingerprint density at radius 1 is 0.611 bits per heavy atom. The first-order chi connectivity index (χ1) is 8.59. The molecule has 0 nitrogen and oxygen atoms in total. The van der Waals surface area contributed by atoms with E-state index in [-0.39, 0.29) is 11.1 Å². The van der Waals surface area contributed by atoms with Crippen molar-refractivity contribution in [3.63, 3.8) is 0 Å². The van der Waals surface area contributed by atoms with E-state index in [1.807, 2.05) is 0 Å². The summed E-state index contributed by atoms with van der Waals surface area (Å²) in [6.45, 7) is 0. The molecule has 0 unspecified atom stereocenters. The average molecular weight is 252 g/mol. The van der Waals surface area contributed by atoms with Crippen molar-refractivity contribution in [1.29, 1.82) is 0 Å². The largest absolute Gasteiger partial charge is 0.206 e. The van der Waals surface area contributed by atoms with E-state index in [0.717, 1.165) is 12.1 Å². The van der Waals surface area contributed by atoms with Crippen LogP contribution in [0, 0.1) is 23.3 Å². The first-order valence-electron chi connectivity index (χ1n) is 5.15. The number of hydrogen-bond acceptors (Lipinski definition) is 0. The fourth-order valence-electron chi connectivity index (χ4n) is 1.46. The number of rotatable bonds is 2. The van der Waals surface area contributed by atoms with E-state index in [0.29, 0.717) is 0 Å². The molecule has 2 rings (SSSR count). The molecule has 0 bridgehead atoms. The third kappa shape index (κ3) is 2.42. The van der Waals surface area contributed by atoms with Crippen LogP contribution in [0.4, 0.5) is 17.6 Å². The van der Waals surface area contributed by atoms with Gasteiger partial charge in [-0.25, -0.2) is 17.6 Å². The Kier molecular flexibility index (Phi) is 3.46. The Morgan fingerprint density at radius 2 is 1.28 bits per heavy atom. The minimum absolute atomic E-state index is 0.142. The molecule has 0 radical (unpaired) electrons. The molecule has 2 aromatic rings. The first kappa shape index (κ1) is 12.4. The zero-order chi connectivity index (χ0) is 13.1. The van der Waals surface area contributed by atoms with E-state index in [4.69, 9.17) is 0 Å². The van der Waals surface area contributed by atoms with Crippen molar-refractivity contribution < 1.29 is 17.6 Å². The Balaban J connectivity index is 2.36. The molecule has 0 fully saturated rings. The van der Waals surface area contributed by atoms with Crippen LogP contribution in [0.3, 0.4) is 0 Å². The van der Waals surface area contributed by atoms with Gasteiger partial charge in [0.05, 0.1) is 0 Å². The Morgan fingerprint density at radius 3 is 2.00 bits per heavy atom. The van der Waals surface area contributed by atoms with E-state index < -0.39 is 23.3 Å². The number of halogens is 4. The predicted molar refractivity (Wildman–Crippen MR) is 61.6 cm³/mol. The monoisotopic (exact) mass is 252 g/mol. The lowest BCUT2D eigenvalue weighted by molar-refractivity contribution is 0.446. The fraction of sp³-hybridized carbons (Fsp3) is 0. The molecule has 18 heavy (non-hydrogen) atoms. The summed E-state index contributed by atoms with van der Waals surface area (Å²) in [5.74, 6) is -4.56. The van der Waals surface area contributed by atoms with Gasteiger partial charge in [0.25, 0.3) is 0 Å². The molecule has 0 spiro atoms. The second-order valence-corrected chi connectivity index (χ2v) is 3.62. The molecule has 0 saturated carbocycles. The van der Waals surface area contributed by atoms with Gasteiger partial charge in [-0.2, -0.15) is 0 Å². The van der Waals surface area contributed by atoms with Gasteiger partial charge in [0.1, 0.15) is 5.82 Å². The van der Waals surface area contributed by atoms with E-state index >= 15 is 0 Å². The van der Waals surface area contributed by atoms with Gasteiger partial charge < -0.3 is 0 Å². The number of hydrogen-bond donors (Lipinski definition) is 0. The lowest BCUT2D eigenvalue weighted by Crippen LogP contribution is -1.93. The van der Waals surface area contributed by atoms with E-state index in [2.05, 4.69) is 0 Å². The quantitative estimate of drug-likeness (QED) is 0.422. The van der Waals surface area contributed by atoms with Gasteiger partial charge >= 0.3 is 0 Å². The van der Waals surface area contributed by atoms with Crippen molar-refractivity contribution in [3.05, 3.63) is 70.8 Å². The molecule has 2 aromatic carbocycles. The van der Waals surface area contributed by atoms with Crippen LogP contribution in [0.1, 0.15) is 11.1 Å². The summed E-state index contributed by atoms with van der Waals surface area (Å²) >= 11 is 0. The van der Waals surface area contributed by atoms with Gasteiger partial charge in [-0.1, -0.05) is 30.4 Å². The standard InChI is InChI=1S/C14H8F4/c15-11-4-2-1-3-9(11)5-6-10-7-8-12(16)14(18)13(10)17/h1-8H. The number of benzene rings is 2. The second kappa shape index (κ2) is 5.04. The minimum atomic E-state index is -1.54. The molecule has 0 aromatic heterocycles. The molecule has 92 valence electrons. The Labute approximate surface area is 101 Å². The van der Waals surface area contributed by atoms with Crippen molar-refractivity contribution >= 4 is 12.2 Å². The van der Waals surface area contributed by atoms with Crippen LogP contribution in [0.5, 0.6) is 0 Å². The van der Waals surface area contributed by atoms with Crippen molar-refractivity contribution in [1.82, 2.24) is 0 Å². The molecule has 0 N–H and O–H groups in total. The third-order valence-corrected chi connectivity index (χ3v) is 2.41. The molecular weight excluding hydrogens is 244 g/mol. The predicted octanol–water partition coefficient (Wildman–Crippen LogP) is 4.41. The van der Waals surface area contributed by atoms with Crippen LogP contribution < -0.4 is 0 Å². The maximum absolute atomic E-state index is 13.3. The SMILES string of the molecule is Fc1ccccc1C=Cc1ccc(F)c(F)c1F. The van der Waals surface area contributed by atoms with Crippen molar-refractivity contribution in [2.24, 2.45) is 0 Å². The molecule has 0 aliphatic rings. The van der Waals surface area contributed by atoms with Gasteiger partial charge in [0, 0.05) is 11.1 Å². The van der Waals surface area contributed by atoms with Crippen LogP contribution in [-0.4, -0.2) is 0 Å². The van der Waals surface area contributed by atoms with Crippen molar-refractivity contribution in [2.45, 2.75) is 0 Å². The van der Waals surface area contributed by atoms with E-state index in [1.165, 1.54) is 30.4 Å². The highest BCUT2D eigenvalue weighted by molar-refractivity contribution is 5.70. The maximum Gasteiger partial charge on any atom is 0.195 e. The lowest BCUT2D eigenvalue weighted by Gasteiger charge is -2.00. The van der Waals surface area contributed by atoms with Gasteiger partial charge in [0.2, 0.25) is 0 Å². The van der Waals surface area contributed by atoms with Gasteiger partial charge in [-0.15, -0.1) is 0 Å². The van der Waals surface area contributed by atoms with Gasteiger partial charge in [-0.3, -0.25) is 0 Å². The Hall–Kier alpha value is -2.10. The van der Waals surface area contributed by atoms with Crippen molar-refractivity contribution in [3.8, 4) is 0 Å². The Bertz CT molecular complexity index is 603. The van der Waals surface area contributed by atoms with Crippen LogP contribution >= 0.6 is 0 Å². The zero-order valence-corrected chi connectivity index (χ0v) is 9.13. The molecule has 0 aliphatic heterocycles. The summed E-state index contributed by atoms with van der Waals surface area (Å²) < 4.78 is 52.2. The van der Waals surface area contributed by atoms with Crippen molar-refractivity contribution in [2.75, 3.05) is 0 Å². The highest BCUT2D eigenvalue weighted by Gasteiger charge is 2.11. The van der Waals surface area contributed by atoms with Crippen LogP contribution in [0.15, 0.2) is 36.4 Å². The molecular formula is C14H8F4. The smallest absolute Gasteiger partial charge is 0.195 e. The topological polar surface area (TPSA) is 0 Å². The molecule has 0 atom stereocenters. The third-order valence-electron chi connectivity index (χ3n) is 2.41. The lowest BCUT2D eigenvalue weighted by atomic mass is 10.1. The highest BCUT2D eigenvalue weighted by Crippen LogP contribution is 2.18. The summed E-state index contributed by atoms with van der Waals surface area (Å²) in [5.41, 5.74) is 0.0961. The van der Waals surface area contributed by atoms with Crippen LogP contribution in [-0.2, 0) is 0 Å². The summed E-state index contributed by atoms with van der Waals surface area (Å²) in [6.07, 6.45) is 2.49. The summed E-state index contributed by atoms with van der Waals surface area (Å²) in [7, 11) is 0. The fourth-order valence-corrected chi connectivity index (χ4v) is 1.46. The van der Waals surface area contributed by atoms with Crippen LogP contribution in [0.25, 0.3) is 12.2 Å². The van der Waals surface area contributed by atoms with Gasteiger partial charge in [-0.05, 0) is 18.2 Å². The molecule has 4 heteroatoms. The summed E-state index contributed by atoms with van der Waals surface area (Å²) in [5, 5.41) is 0. The first-order valence-corrected chi connectivity index (χ1v) is 5.15. The normalized spacial score (nSPS) is 11.1. The second-order valence-electron chi connectivity index (χ2n) is 3.62. The minimum Gasteiger partial charge on any atom is -0.206 e. The zero-order valence-electron chi connectivity index (χ0n) is 9.13. The highest BCUT2D eigenvalue weighted by atomic mass is 19.2. The summed E-state index contributed by atoms with van der Waals surface area (Å²) in [6, 6.07) is 7.78. The van der Waals surface area contributed by atoms with Crippen LogP contribution in [0.2, 0.25) is 0 Å². The summed E-state index contributed by atoms with van der Waals surface area (Å²) in [4.78, 5) is 0. The molecule has 0 heterocycles. The average Bonchev–Trinajstić information content (AvgIpc) is 2.37. The van der Waals surface area contributed by atoms with E-state index in [1.54, 1.807) is 6.07 Å². The van der Waals surface area contributed by atoms with E-state index in [9.17, 15) is 17.6 Å². The van der Waals surface area contributed by atoms with Gasteiger partial charge in [0.15, 0.2) is 17.5 Å².